The summed E-state index contributed by atoms with van der Waals surface area (Å²) in [5, 5.41) is 0. The van der Waals surface area contributed by atoms with E-state index in [1.807, 2.05) is 0 Å². The van der Waals surface area contributed by atoms with Crippen molar-refractivity contribution in [1.29, 1.82) is 0 Å². The Morgan fingerprint density at radius 1 is 0.500 bits per heavy atom. The van der Waals surface area contributed by atoms with Gasteiger partial charge in [-0.2, -0.15) is 0 Å². The van der Waals surface area contributed by atoms with Crippen molar-refractivity contribution in [3.63, 3.8) is 0 Å². The van der Waals surface area contributed by atoms with Crippen molar-refractivity contribution in [3.05, 3.63) is 0 Å². The first-order valence-electron chi connectivity index (χ1n) is 4.62. The number of rotatable bonds is 0. The molecule has 0 unspecified atom stereocenters. The molecule has 0 saturated carbocycles. The third kappa shape index (κ3) is 3.61. The minimum atomic E-state index is -0.791. The number of nitrogens with one attached hydrogen (secondary N) is 4. The molecule has 0 atom stereocenters. The van der Waals surface area contributed by atoms with Crippen molar-refractivity contribution in [2.45, 2.75) is 26.2 Å². The van der Waals surface area contributed by atoms with Crippen LogP contribution in [-0.2, 0) is 0 Å². The fourth-order valence-corrected chi connectivity index (χ4v) is 18.7. The van der Waals surface area contributed by atoms with E-state index in [2.05, 4.69) is 44.8 Å². The normalized spacial score (nSPS) is 45.0. The highest BCUT2D eigenvalue weighted by Crippen LogP contribution is 1.83. The Hall–Kier alpha value is 0.708. The molecule has 1 aliphatic rings. The summed E-state index contributed by atoms with van der Waals surface area (Å²) in [5.74, 6) is 0. The van der Waals surface area contributed by atoms with Crippen LogP contribution in [0.25, 0.3) is 0 Å². The molecule has 0 amide bonds. The summed E-state index contributed by atoms with van der Waals surface area (Å²) in [7, 11) is -3.16. The van der Waals surface area contributed by atoms with Crippen molar-refractivity contribution in [3.8, 4) is 0 Å². The molecule has 1 heterocycles. The topological polar surface area (TPSA) is 48.1 Å². The molecule has 0 radical (unpaired) electrons. The van der Waals surface area contributed by atoms with Gasteiger partial charge in [-0.3, -0.25) is 0 Å². The van der Waals surface area contributed by atoms with Crippen LogP contribution in [-0.4, -0.2) is 36.5 Å². The van der Waals surface area contributed by atoms with Gasteiger partial charge in [0.1, 0.15) is 0 Å². The monoisotopic (exact) mass is 236 g/mol. The van der Waals surface area contributed by atoms with Crippen molar-refractivity contribution >= 4 is 36.5 Å². The maximum absolute atomic E-state index is 3.73. The van der Waals surface area contributed by atoms with Gasteiger partial charge >= 0.3 is 0 Å². The summed E-state index contributed by atoms with van der Waals surface area (Å²) in [6.45, 7) is 9.36. The molecule has 72 valence electrons. The lowest BCUT2D eigenvalue weighted by Crippen LogP contribution is -2.71. The van der Waals surface area contributed by atoms with Crippen LogP contribution < -0.4 is 18.6 Å². The van der Waals surface area contributed by atoms with Gasteiger partial charge in [0, 0.05) is 0 Å². The van der Waals surface area contributed by atoms with Crippen LogP contribution in [0.5, 0.6) is 0 Å². The van der Waals surface area contributed by atoms with Crippen LogP contribution in [0, 0.1) is 0 Å². The quantitative estimate of drug-likeness (QED) is 0.359. The summed E-state index contributed by atoms with van der Waals surface area (Å²) in [5.41, 5.74) is 0. The fraction of sp³-hybridized carbons (Fsp3) is 1.00. The predicted octanol–water partition coefficient (Wildman–Crippen LogP) is -2.24. The van der Waals surface area contributed by atoms with E-state index >= 15 is 0 Å². The van der Waals surface area contributed by atoms with Crippen LogP contribution in [0.4, 0.5) is 0 Å². The average molecular weight is 237 g/mol. The Balaban J connectivity index is 2.45. The third-order valence-electron chi connectivity index (χ3n) is 2.00. The Kier molecular flexibility index (Phi) is 4.32. The van der Waals surface area contributed by atoms with Gasteiger partial charge in [0.25, 0.3) is 0 Å². The van der Waals surface area contributed by atoms with E-state index < -0.39 is 36.5 Å². The van der Waals surface area contributed by atoms with Gasteiger partial charge in [-0.25, -0.2) is 0 Å². The van der Waals surface area contributed by atoms with E-state index in [9.17, 15) is 0 Å². The molecule has 1 aliphatic heterocycles. The lowest BCUT2D eigenvalue weighted by molar-refractivity contribution is 1.16. The molecule has 0 bridgehead atoms. The van der Waals surface area contributed by atoms with E-state index in [0.29, 0.717) is 0 Å². The lowest BCUT2D eigenvalue weighted by Gasteiger charge is -2.31. The fourth-order valence-electron chi connectivity index (χ4n) is 1.69. The summed E-state index contributed by atoms with van der Waals surface area (Å²) < 4.78 is 14.9. The van der Waals surface area contributed by atoms with Crippen LogP contribution in [0.1, 0.15) is 0 Å². The zero-order chi connectivity index (χ0) is 9.14. The Morgan fingerprint density at radius 2 is 0.667 bits per heavy atom. The molecule has 1 fully saturated rings. The molecule has 1 rings (SSSR count). The summed E-state index contributed by atoms with van der Waals surface area (Å²) in [4.78, 5) is 0. The van der Waals surface area contributed by atoms with E-state index in [0.717, 1.165) is 0 Å². The van der Waals surface area contributed by atoms with Gasteiger partial charge in [0.15, 0.2) is 36.5 Å². The van der Waals surface area contributed by atoms with E-state index in [1.54, 1.807) is 0 Å². The molecule has 0 spiro atoms. The standard InChI is InChI=1S/C4H20N4Si4/c1-9-5-10(2)7-12(4)8-11(3)6-9/h5-12H,1-4H3. The second-order valence-corrected chi connectivity index (χ2v) is 14.7. The minimum Gasteiger partial charge on any atom is -0.341 e. The largest absolute Gasteiger partial charge is 0.341 e. The number of hydrogen-bond acceptors (Lipinski definition) is 4. The van der Waals surface area contributed by atoms with Crippen LogP contribution in [0.15, 0.2) is 0 Å². The third-order valence-corrected chi connectivity index (χ3v) is 18.0. The van der Waals surface area contributed by atoms with Gasteiger partial charge in [0.05, 0.1) is 0 Å². The van der Waals surface area contributed by atoms with Crippen LogP contribution in [0.2, 0.25) is 26.2 Å². The van der Waals surface area contributed by atoms with Gasteiger partial charge in [0.2, 0.25) is 0 Å². The molecular weight excluding hydrogens is 216 g/mol. The number of hydrogen-bond donors (Lipinski definition) is 4. The summed E-state index contributed by atoms with van der Waals surface area (Å²) in [6, 6.07) is 0. The Labute approximate surface area is 81.6 Å². The second kappa shape index (κ2) is 4.81. The minimum absolute atomic E-state index is 0.791. The molecule has 0 aromatic carbocycles. The van der Waals surface area contributed by atoms with Crippen molar-refractivity contribution in [2.75, 3.05) is 0 Å². The summed E-state index contributed by atoms with van der Waals surface area (Å²) in [6.07, 6.45) is 0. The molecule has 0 aromatic heterocycles. The van der Waals surface area contributed by atoms with Gasteiger partial charge in [-0.05, 0) is 26.2 Å². The van der Waals surface area contributed by atoms with Gasteiger partial charge in [-0.1, -0.05) is 0 Å². The molecule has 12 heavy (non-hydrogen) atoms. The molecule has 1 saturated heterocycles. The van der Waals surface area contributed by atoms with Gasteiger partial charge in [-0.15, -0.1) is 0 Å². The smallest absolute Gasteiger partial charge is 0.169 e. The van der Waals surface area contributed by atoms with E-state index in [4.69, 9.17) is 0 Å². The zero-order valence-corrected chi connectivity index (χ0v) is 12.9. The van der Waals surface area contributed by atoms with Crippen LogP contribution in [0.3, 0.4) is 0 Å². The molecule has 4 nitrogen and oxygen atoms in total. The molecule has 0 aliphatic carbocycles. The maximum Gasteiger partial charge on any atom is 0.169 e. The second-order valence-electron chi connectivity index (χ2n) is 3.55. The van der Waals surface area contributed by atoms with Crippen molar-refractivity contribution in [1.82, 2.24) is 18.6 Å². The lowest BCUT2D eigenvalue weighted by atomic mass is 11.9. The molecule has 4 N–H and O–H groups in total. The van der Waals surface area contributed by atoms with Crippen LogP contribution >= 0.6 is 0 Å². The summed E-state index contributed by atoms with van der Waals surface area (Å²) >= 11 is 0. The van der Waals surface area contributed by atoms with E-state index in [1.165, 1.54) is 0 Å². The first-order chi connectivity index (χ1) is 5.58. The van der Waals surface area contributed by atoms with Gasteiger partial charge < -0.3 is 18.6 Å². The van der Waals surface area contributed by atoms with E-state index in [-0.39, 0.29) is 0 Å². The zero-order valence-electron chi connectivity index (χ0n) is 8.31. The highest BCUT2D eigenvalue weighted by Gasteiger charge is 2.20. The SMILES string of the molecule is C[SiH]1N[SiH](C)N[SiH](C)N[SiH](C)N1. The maximum atomic E-state index is 3.73. The molecular formula is C4H20N4Si4. The van der Waals surface area contributed by atoms with Crippen molar-refractivity contribution < 1.29 is 0 Å². The molecule has 0 aromatic rings. The first kappa shape index (κ1) is 10.8. The highest BCUT2D eigenvalue weighted by atomic mass is 28.4. The Bertz CT molecular complexity index is 107. The average Bonchev–Trinajstić information content (AvgIpc) is 1.81. The first-order valence-corrected chi connectivity index (χ1v) is 13.9. The Morgan fingerprint density at radius 3 is 0.833 bits per heavy atom. The molecule has 8 heteroatoms. The van der Waals surface area contributed by atoms with Crippen molar-refractivity contribution in [2.24, 2.45) is 0 Å². The predicted molar refractivity (Wildman–Crippen MR) is 64.6 cm³/mol. The highest BCUT2D eigenvalue weighted by molar-refractivity contribution is 6.86.